The number of H-pyrrole nitrogens is 1. The first-order valence-corrected chi connectivity index (χ1v) is 6.34. The van der Waals surface area contributed by atoms with E-state index in [1.807, 2.05) is 13.8 Å². The smallest absolute Gasteiger partial charge is 0.276 e. The summed E-state index contributed by atoms with van der Waals surface area (Å²) in [6.07, 6.45) is 1.56. The number of nitrogens with zero attached hydrogens (tertiary/aromatic N) is 3. The van der Waals surface area contributed by atoms with Crippen molar-refractivity contribution >= 4 is 23.6 Å². The molecule has 1 amide bonds. The average Bonchev–Trinajstić information content (AvgIpc) is 2.76. The number of rotatable bonds is 4. The Labute approximate surface area is 109 Å². The Bertz CT molecular complexity index is 525. The summed E-state index contributed by atoms with van der Waals surface area (Å²) < 4.78 is 0. The molecule has 0 aliphatic rings. The van der Waals surface area contributed by atoms with E-state index in [1.165, 1.54) is 11.8 Å². The molecule has 7 heteroatoms. The van der Waals surface area contributed by atoms with Crippen molar-refractivity contribution in [3.8, 4) is 0 Å². The van der Waals surface area contributed by atoms with Crippen LogP contribution in [0.1, 0.15) is 24.3 Å². The van der Waals surface area contributed by atoms with Gasteiger partial charge in [-0.3, -0.25) is 15.1 Å². The molecule has 0 atom stereocenters. The van der Waals surface area contributed by atoms with E-state index in [9.17, 15) is 4.79 Å². The molecular formula is C11H13N5OS. The van der Waals surface area contributed by atoms with Crippen LogP contribution in [-0.2, 0) is 0 Å². The Morgan fingerprint density at radius 1 is 1.44 bits per heavy atom. The minimum atomic E-state index is -0.312. The van der Waals surface area contributed by atoms with Crippen molar-refractivity contribution in [2.45, 2.75) is 24.3 Å². The zero-order valence-electron chi connectivity index (χ0n) is 10.0. The number of hydrogen-bond donors (Lipinski definition) is 2. The van der Waals surface area contributed by atoms with Crippen LogP contribution < -0.4 is 5.32 Å². The Kier molecular flexibility index (Phi) is 3.93. The van der Waals surface area contributed by atoms with Crippen LogP contribution >= 0.6 is 11.8 Å². The third-order valence-electron chi connectivity index (χ3n) is 1.94. The molecule has 2 rings (SSSR count). The van der Waals surface area contributed by atoms with Gasteiger partial charge in [-0.15, -0.1) is 5.10 Å². The van der Waals surface area contributed by atoms with E-state index in [0.717, 1.165) is 0 Å². The van der Waals surface area contributed by atoms with E-state index in [0.29, 0.717) is 22.0 Å². The van der Waals surface area contributed by atoms with Crippen LogP contribution in [0.2, 0.25) is 0 Å². The summed E-state index contributed by atoms with van der Waals surface area (Å²) in [5, 5.41) is 10.3. The second-order valence-corrected chi connectivity index (χ2v) is 5.35. The molecule has 2 N–H and O–H groups in total. The van der Waals surface area contributed by atoms with E-state index >= 15 is 0 Å². The molecule has 0 radical (unpaired) electrons. The van der Waals surface area contributed by atoms with Gasteiger partial charge in [0.2, 0.25) is 11.1 Å². The Morgan fingerprint density at radius 3 is 2.94 bits per heavy atom. The maximum Gasteiger partial charge on any atom is 0.276 e. The highest BCUT2D eigenvalue weighted by atomic mass is 32.2. The zero-order valence-corrected chi connectivity index (χ0v) is 10.9. The molecule has 0 unspecified atom stereocenters. The first-order valence-electron chi connectivity index (χ1n) is 5.46. The molecule has 0 spiro atoms. The van der Waals surface area contributed by atoms with Gasteiger partial charge in [-0.2, -0.15) is 4.98 Å². The molecule has 0 saturated heterocycles. The van der Waals surface area contributed by atoms with Gasteiger partial charge in [0.15, 0.2) is 0 Å². The lowest BCUT2D eigenvalue weighted by atomic mass is 10.3. The van der Waals surface area contributed by atoms with Crippen molar-refractivity contribution in [2.24, 2.45) is 0 Å². The normalized spacial score (nSPS) is 10.6. The molecule has 2 heterocycles. The molecular weight excluding hydrogens is 250 g/mol. The molecule has 18 heavy (non-hydrogen) atoms. The molecule has 94 valence electrons. The predicted molar refractivity (Wildman–Crippen MR) is 69.6 cm³/mol. The molecule has 6 nitrogen and oxygen atoms in total. The summed E-state index contributed by atoms with van der Waals surface area (Å²) in [7, 11) is 0. The van der Waals surface area contributed by atoms with Gasteiger partial charge in [-0.05, 0) is 12.1 Å². The third kappa shape index (κ3) is 3.30. The van der Waals surface area contributed by atoms with Crippen molar-refractivity contribution in [1.82, 2.24) is 20.2 Å². The number of aromatic amines is 1. The zero-order chi connectivity index (χ0) is 13.0. The van der Waals surface area contributed by atoms with Gasteiger partial charge in [-0.25, -0.2) is 5.10 Å². The first kappa shape index (κ1) is 12.6. The lowest BCUT2D eigenvalue weighted by Crippen LogP contribution is -2.14. The van der Waals surface area contributed by atoms with Gasteiger partial charge in [0.25, 0.3) is 5.91 Å². The number of thioether (sulfide) groups is 1. The molecule has 0 bridgehead atoms. The fraction of sp³-hybridized carbons (Fsp3) is 0.273. The van der Waals surface area contributed by atoms with Crippen LogP contribution in [0.15, 0.2) is 29.6 Å². The third-order valence-corrected chi connectivity index (χ3v) is 2.80. The SMILES string of the molecule is CC(C)Sc1n[nH]c(NC(=O)c2ccccn2)n1. The number of carbonyl (C=O) groups excluding carboxylic acids is 1. The van der Waals surface area contributed by atoms with Crippen LogP contribution in [0.25, 0.3) is 0 Å². The maximum absolute atomic E-state index is 11.8. The van der Waals surface area contributed by atoms with Crippen LogP contribution in [0.5, 0.6) is 0 Å². The lowest BCUT2D eigenvalue weighted by Gasteiger charge is -1.99. The molecule has 0 aromatic carbocycles. The Hall–Kier alpha value is -1.89. The molecule has 2 aromatic heterocycles. The minimum absolute atomic E-state index is 0.312. The number of aromatic nitrogens is 4. The summed E-state index contributed by atoms with van der Waals surface area (Å²) in [5.41, 5.74) is 0.340. The number of anilines is 1. The summed E-state index contributed by atoms with van der Waals surface area (Å²) in [5.74, 6) is 0.0154. The maximum atomic E-state index is 11.8. The van der Waals surface area contributed by atoms with Gasteiger partial charge in [0.05, 0.1) is 0 Å². The van der Waals surface area contributed by atoms with Gasteiger partial charge in [-0.1, -0.05) is 31.7 Å². The van der Waals surface area contributed by atoms with Crippen LogP contribution in [-0.4, -0.2) is 31.3 Å². The summed E-state index contributed by atoms with van der Waals surface area (Å²) in [6.45, 7) is 4.10. The van der Waals surface area contributed by atoms with Crippen molar-refractivity contribution in [1.29, 1.82) is 0 Å². The van der Waals surface area contributed by atoms with Crippen molar-refractivity contribution in [2.75, 3.05) is 5.32 Å². The first-order chi connectivity index (χ1) is 8.65. The summed E-state index contributed by atoms with van der Waals surface area (Å²) in [6, 6.07) is 5.14. The highest BCUT2D eigenvalue weighted by Gasteiger charge is 2.11. The quantitative estimate of drug-likeness (QED) is 0.824. The number of amides is 1. The minimum Gasteiger partial charge on any atom is -0.289 e. The second-order valence-electron chi connectivity index (χ2n) is 3.80. The van der Waals surface area contributed by atoms with Gasteiger partial charge >= 0.3 is 0 Å². The topological polar surface area (TPSA) is 83.6 Å². The summed E-state index contributed by atoms with van der Waals surface area (Å²) >= 11 is 1.52. The fourth-order valence-electron chi connectivity index (χ4n) is 1.23. The highest BCUT2D eigenvalue weighted by molar-refractivity contribution is 7.99. The molecule has 2 aromatic rings. The molecule has 0 aliphatic carbocycles. The van der Waals surface area contributed by atoms with Crippen LogP contribution in [0.4, 0.5) is 5.95 Å². The molecule has 0 saturated carbocycles. The number of carbonyl (C=O) groups is 1. The van der Waals surface area contributed by atoms with Crippen molar-refractivity contribution in [3.05, 3.63) is 30.1 Å². The predicted octanol–water partition coefficient (Wildman–Crippen LogP) is 1.95. The van der Waals surface area contributed by atoms with Crippen molar-refractivity contribution in [3.63, 3.8) is 0 Å². The number of pyridine rings is 1. The molecule has 0 aliphatic heterocycles. The monoisotopic (exact) mass is 263 g/mol. The van der Waals surface area contributed by atoms with E-state index < -0.39 is 0 Å². The number of hydrogen-bond acceptors (Lipinski definition) is 5. The lowest BCUT2D eigenvalue weighted by molar-refractivity contribution is 0.102. The largest absolute Gasteiger partial charge is 0.289 e. The molecule has 0 fully saturated rings. The highest BCUT2D eigenvalue weighted by Crippen LogP contribution is 2.19. The van der Waals surface area contributed by atoms with Crippen LogP contribution in [0.3, 0.4) is 0 Å². The second kappa shape index (κ2) is 5.63. The Balaban J connectivity index is 2.01. The standard InChI is InChI=1S/C11H13N5OS/c1-7(2)18-11-14-10(15-16-11)13-9(17)8-5-3-4-6-12-8/h3-7H,1-2H3,(H2,13,14,15,16,17). The van der Waals surface area contributed by atoms with Crippen molar-refractivity contribution < 1.29 is 4.79 Å². The van der Waals surface area contributed by atoms with Gasteiger partial charge in [0.1, 0.15) is 5.69 Å². The van der Waals surface area contributed by atoms with E-state index in [1.54, 1.807) is 24.4 Å². The fourth-order valence-corrected chi connectivity index (χ4v) is 1.90. The average molecular weight is 263 g/mol. The Morgan fingerprint density at radius 2 is 2.28 bits per heavy atom. The van der Waals surface area contributed by atoms with E-state index in [4.69, 9.17) is 0 Å². The summed E-state index contributed by atoms with van der Waals surface area (Å²) in [4.78, 5) is 19.9. The van der Waals surface area contributed by atoms with Gasteiger partial charge < -0.3 is 0 Å². The van der Waals surface area contributed by atoms with Crippen LogP contribution in [0, 0.1) is 0 Å². The van der Waals surface area contributed by atoms with E-state index in [2.05, 4.69) is 25.5 Å². The van der Waals surface area contributed by atoms with E-state index in [-0.39, 0.29) is 5.91 Å². The number of nitrogens with one attached hydrogen (secondary N) is 2. The van der Waals surface area contributed by atoms with Gasteiger partial charge in [0, 0.05) is 11.4 Å².